The highest BCUT2D eigenvalue weighted by molar-refractivity contribution is 7.09. The first-order chi connectivity index (χ1) is 7.43. The molecule has 1 saturated carbocycles. The van der Waals surface area contributed by atoms with E-state index in [1.165, 1.54) is 6.42 Å². The molecule has 1 unspecified atom stereocenters. The Morgan fingerprint density at radius 2 is 2.06 bits per heavy atom. The van der Waals surface area contributed by atoms with Crippen LogP contribution in [0, 0.1) is 12.3 Å². The summed E-state index contributed by atoms with van der Waals surface area (Å²) in [6.07, 6.45) is 5.14. The van der Waals surface area contributed by atoms with Gasteiger partial charge >= 0.3 is 0 Å². The molecule has 1 atom stereocenters. The Bertz CT molecular complexity index is 372. The molecule has 0 aromatic carbocycles. The van der Waals surface area contributed by atoms with Gasteiger partial charge in [0.25, 0.3) is 0 Å². The summed E-state index contributed by atoms with van der Waals surface area (Å²) in [5.41, 5.74) is 0.526. The highest BCUT2D eigenvalue weighted by Crippen LogP contribution is 2.45. The zero-order chi connectivity index (χ0) is 11.8. The predicted molar refractivity (Wildman–Crippen MR) is 67.8 cm³/mol. The van der Waals surface area contributed by atoms with E-state index >= 15 is 0 Å². The smallest absolute Gasteiger partial charge is 0.0957 e. The first kappa shape index (κ1) is 12.1. The molecule has 1 aromatic rings. The van der Waals surface area contributed by atoms with Crippen molar-refractivity contribution in [2.75, 3.05) is 0 Å². The summed E-state index contributed by atoms with van der Waals surface area (Å²) in [4.78, 5) is 4.47. The summed E-state index contributed by atoms with van der Waals surface area (Å²) in [6.45, 7) is 6.38. The summed E-state index contributed by atoms with van der Waals surface area (Å²) in [5, 5.41) is 14.0. The molecule has 1 aromatic heterocycles. The molecule has 0 bridgehead atoms. The fourth-order valence-electron chi connectivity index (χ4n) is 2.62. The number of rotatable bonds is 2. The molecule has 2 nitrogen and oxygen atoms in total. The van der Waals surface area contributed by atoms with E-state index in [2.05, 4.69) is 24.2 Å². The molecule has 0 spiro atoms. The van der Waals surface area contributed by atoms with Crippen LogP contribution in [0.15, 0.2) is 5.38 Å². The standard InChI is InChI=1S/C13H21NOS/c1-10-9-16-11(14-10)8-13(15)7-5-4-6-12(13,2)3/h9,15H,4-8H2,1-3H3. The highest BCUT2D eigenvalue weighted by atomic mass is 32.1. The van der Waals surface area contributed by atoms with Gasteiger partial charge in [0.05, 0.1) is 10.6 Å². The van der Waals surface area contributed by atoms with Crippen molar-refractivity contribution in [2.24, 2.45) is 5.41 Å². The second-order valence-corrected chi connectivity index (χ2v) is 6.62. The number of hydrogen-bond donors (Lipinski definition) is 1. The molecule has 1 aliphatic carbocycles. The molecule has 90 valence electrons. The number of aliphatic hydroxyl groups is 1. The summed E-state index contributed by atoms with van der Waals surface area (Å²) in [7, 11) is 0. The maximum absolute atomic E-state index is 10.8. The van der Waals surface area contributed by atoms with E-state index in [9.17, 15) is 5.11 Å². The van der Waals surface area contributed by atoms with Gasteiger partial charge in [-0.3, -0.25) is 0 Å². The van der Waals surface area contributed by atoms with Gasteiger partial charge in [-0.1, -0.05) is 26.7 Å². The highest BCUT2D eigenvalue weighted by Gasteiger charge is 2.45. The second-order valence-electron chi connectivity index (χ2n) is 5.68. The Labute approximate surface area is 102 Å². The predicted octanol–water partition coefficient (Wildman–Crippen LogP) is 3.33. The third-order valence-electron chi connectivity index (χ3n) is 4.01. The minimum absolute atomic E-state index is 0.0187. The second kappa shape index (κ2) is 4.11. The van der Waals surface area contributed by atoms with Crippen LogP contribution in [0.3, 0.4) is 0 Å². The van der Waals surface area contributed by atoms with Crippen LogP contribution in [0.25, 0.3) is 0 Å². The lowest BCUT2D eigenvalue weighted by atomic mass is 9.64. The van der Waals surface area contributed by atoms with Gasteiger partial charge in [-0.15, -0.1) is 11.3 Å². The van der Waals surface area contributed by atoms with Crippen LogP contribution in [0.2, 0.25) is 0 Å². The van der Waals surface area contributed by atoms with Crippen molar-refractivity contribution in [1.82, 2.24) is 4.98 Å². The van der Waals surface area contributed by atoms with Crippen LogP contribution in [0.5, 0.6) is 0 Å². The van der Waals surface area contributed by atoms with Gasteiger partial charge in [-0.2, -0.15) is 0 Å². The Balaban J connectivity index is 2.17. The minimum Gasteiger partial charge on any atom is -0.389 e. The van der Waals surface area contributed by atoms with Crippen molar-refractivity contribution in [3.05, 3.63) is 16.1 Å². The fourth-order valence-corrected chi connectivity index (χ4v) is 3.50. The lowest BCUT2D eigenvalue weighted by Gasteiger charge is -2.46. The van der Waals surface area contributed by atoms with Crippen molar-refractivity contribution in [2.45, 2.75) is 58.5 Å². The van der Waals surface area contributed by atoms with Gasteiger partial charge in [0.1, 0.15) is 0 Å². The van der Waals surface area contributed by atoms with Gasteiger partial charge in [0, 0.05) is 17.5 Å². The average molecular weight is 239 g/mol. The molecule has 2 rings (SSSR count). The number of aryl methyl sites for hydroxylation is 1. The molecule has 0 aliphatic heterocycles. The van der Waals surface area contributed by atoms with Gasteiger partial charge in [0.2, 0.25) is 0 Å². The monoisotopic (exact) mass is 239 g/mol. The lowest BCUT2D eigenvalue weighted by Crippen LogP contribution is -2.48. The zero-order valence-corrected chi connectivity index (χ0v) is 11.2. The van der Waals surface area contributed by atoms with Gasteiger partial charge in [-0.05, 0) is 25.2 Å². The topological polar surface area (TPSA) is 33.1 Å². The molecule has 0 amide bonds. The van der Waals surface area contributed by atoms with Crippen LogP contribution in [0.4, 0.5) is 0 Å². The number of nitrogens with zero attached hydrogens (tertiary/aromatic N) is 1. The first-order valence-electron chi connectivity index (χ1n) is 6.06. The summed E-state index contributed by atoms with van der Waals surface area (Å²) < 4.78 is 0. The molecule has 1 aliphatic rings. The molecule has 3 heteroatoms. The molecule has 16 heavy (non-hydrogen) atoms. The molecule has 0 saturated heterocycles. The molecule has 1 N–H and O–H groups in total. The van der Waals surface area contributed by atoms with Crippen molar-refractivity contribution in [1.29, 1.82) is 0 Å². The lowest BCUT2D eigenvalue weighted by molar-refractivity contribution is -0.0958. The van der Waals surface area contributed by atoms with E-state index in [-0.39, 0.29) is 5.41 Å². The van der Waals surface area contributed by atoms with Crippen LogP contribution < -0.4 is 0 Å². The third kappa shape index (κ3) is 2.16. The number of hydrogen-bond acceptors (Lipinski definition) is 3. The maximum atomic E-state index is 10.8. The third-order valence-corrected chi connectivity index (χ3v) is 4.98. The Hall–Kier alpha value is -0.410. The average Bonchev–Trinajstić information content (AvgIpc) is 2.57. The molecular weight excluding hydrogens is 218 g/mol. The molecule has 0 radical (unpaired) electrons. The number of thiazole rings is 1. The van der Waals surface area contributed by atoms with Crippen LogP contribution in [-0.4, -0.2) is 15.7 Å². The van der Waals surface area contributed by atoms with E-state index < -0.39 is 5.60 Å². The van der Waals surface area contributed by atoms with Crippen molar-refractivity contribution < 1.29 is 5.11 Å². The van der Waals surface area contributed by atoms with E-state index in [1.807, 2.05) is 6.92 Å². The molecule has 1 fully saturated rings. The van der Waals surface area contributed by atoms with Crippen LogP contribution in [-0.2, 0) is 6.42 Å². The zero-order valence-electron chi connectivity index (χ0n) is 10.4. The normalized spacial score (nSPS) is 29.2. The van der Waals surface area contributed by atoms with E-state index in [0.717, 1.165) is 36.4 Å². The Morgan fingerprint density at radius 3 is 2.62 bits per heavy atom. The van der Waals surface area contributed by atoms with Gasteiger partial charge in [0.15, 0.2) is 0 Å². The summed E-state index contributed by atoms with van der Waals surface area (Å²) >= 11 is 1.67. The van der Waals surface area contributed by atoms with E-state index in [0.29, 0.717) is 0 Å². The van der Waals surface area contributed by atoms with Crippen molar-refractivity contribution in [3.63, 3.8) is 0 Å². The van der Waals surface area contributed by atoms with E-state index in [1.54, 1.807) is 11.3 Å². The minimum atomic E-state index is -0.560. The van der Waals surface area contributed by atoms with E-state index in [4.69, 9.17) is 0 Å². The summed E-state index contributed by atoms with van der Waals surface area (Å²) in [5.74, 6) is 0. The van der Waals surface area contributed by atoms with Crippen molar-refractivity contribution in [3.8, 4) is 0 Å². The largest absolute Gasteiger partial charge is 0.389 e. The maximum Gasteiger partial charge on any atom is 0.0957 e. The number of aromatic nitrogens is 1. The first-order valence-corrected chi connectivity index (χ1v) is 6.94. The SMILES string of the molecule is Cc1csc(CC2(O)CCCCC2(C)C)n1. The van der Waals surface area contributed by atoms with Crippen LogP contribution in [0.1, 0.15) is 50.2 Å². The quantitative estimate of drug-likeness (QED) is 0.858. The Kier molecular flexibility index (Phi) is 3.10. The molecule has 1 heterocycles. The van der Waals surface area contributed by atoms with Crippen LogP contribution >= 0.6 is 11.3 Å². The van der Waals surface area contributed by atoms with Gasteiger partial charge < -0.3 is 5.11 Å². The Morgan fingerprint density at radius 1 is 1.38 bits per heavy atom. The molecular formula is C13H21NOS. The summed E-state index contributed by atoms with van der Waals surface area (Å²) in [6, 6.07) is 0. The van der Waals surface area contributed by atoms with Crippen molar-refractivity contribution >= 4 is 11.3 Å². The van der Waals surface area contributed by atoms with Gasteiger partial charge in [-0.25, -0.2) is 4.98 Å². The fraction of sp³-hybridized carbons (Fsp3) is 0.769.